The molecule has 2 aliphatic carbocycles. The molecule has 14 heteroatoms. The maximum atomic E-state index is 12.9. The number of hydrogen-bond donors (Lipinski definition) is 4. The number of alkyl halides is 3. The molecule has 0 spiro atoms. The number of nitrogens with one attached hydrogen (secondary N) is 4. The molecule has 0 aliphatic heterocycles. The zero-order valence-electron chi connectivity index (χ0n) is 26.9. The minimum absolute atomic E-state index is 0.0368. The van der Waals surface area contributed by atoms with Crippen LogP contribution in [0.5, 0.6) is 6.01 Å². The van der Waals surface area contributed by atoms with E-state index in [-0.39, 0.29) is 29.0 Å². The normalized spacial score (nSPS) is 15.5. The van der Waals surface area contributed by atoms with Gasteiger partial charge in [-0.1, -0.05) is 57.5 Å². The summed E-state index contributed by atoms with van der Waals surface area (Å²) in [7, 11) is 0. The summed E-state index contributed by atoms with van der Waals surface area (Å²) < 4.78 is 43.6. The maximum Gasteiger partial charge on any atom is 0.422 e. The van der Waals surface area contributed by atoms with Gasteiger partial charge in [0, 0.05) is 34.9 Å². The van der Waals surface area contributed by atoms with Crippen molar-refractivity contribution < 1.29 is 27.5 Å². The van der Waals surface area contributed by atoms with Gasteiger partial charge in [0.05, 0.1) is 11.2 Å². The Labute approximate surface area is 281 Å². The molecule has 1 amide bonds. The van der Waals surface area contributed by atoms with Crippen LogP contribution >= 0.6 is 11.6 Å². The summed E-state index contributed by atoms with van der Waals surface area (Å²) in [6, 6.07) is 13.2. The second-order valence-electron chi connectivity index (χ2n) is 12.7. The first-order valence-electron chi connectivity index (χ1n) is 15.5. The molecule has 1 aromatic heterocycles. The first-order valence-corrected chi connectivity index (χ1v) is 15.9. The van der Waals surface area contributed by atoms with Crippen LogP contribution in [0.25, 0.3) is 0 Å². The molecule has 10 nitrogen and oxygen atoms in total. The number of Topliss-reactive ketones (excluding diaryl/α,β-unsaturated/α-hetero) is 1. The molecule has 48 heavy (non-hydrogen) atoms. The number of rotatable bonds is 15. The number of ketones is 1. The second kappa shape index (κ2) is 13.8. The minimum atomic E-state index is -4.59. The highest BCUT2D eigenvalue weighted by Gasteiger charge is 2.45. The predicted molar refractivity (Wildman–Crippen MR) is 177 cm³/mol. The Morgan fingerprint density at radius 3 is 2.29 bits per heavy atom. The fourth-order valence-electron chi connectivity index (χ4n) is 5.15. The third-order valence-electron chi connectivity index (χ3n) is 8.02. The molecular formula is C34H37ClF3N7O3. The molecule has 0 unspecified atom stereocenters. The molecule has 0 saturated heterocycles. The summed E-state index contributed by atoms with van der Waals surface area (Å²) in [5.41, 5.74) is 3.10. The first kappa shape index (κ1) is 34.7. The fraction of sp³-hybridized carbons (Fsp3) is 0.382. The number of hydrogen-bond acceptors (Lipinski definition) is 9. The lowest BCUT2D eigenvalue weighted by atomic mass is 9.83. The van der Waals surface area contributed by atoms with Gasteiger partial charge in [0.15, 0.2) is 6.61 Å². The van der Waals surface area contributed by atoms with E-state index in [2.05, 4.69) is 42.8 Å². The highest BCUT2D eigenvalue weighted by molar-refractivity contribution is 6.30. The summed E-state index contributed by atoms with van der Waals surface area (Å²) >= 11 is 6.03. The molecule has 0 atom stereocenters. The fourth-order valence-corrected chi connectivity index (χ4v) is 5.27. The highest BCUT2D eigenvalue weighted by Crippen LogP contribution is 2.48. The van der Waals surface area contributed by atoms with E-state index in [9.17, 15) is 22.8 Å². The third-order valence-corrected chi connectivity index (χ3v) is 8.27. The van der Waals surface area contributed by atoms with E-state index in [0.29, 0.717) is 40.6 Å². The second-order valence-corrected chi connectivity index (χ2v) is 13.1. The van der Waals surface area contributed by atoms with Crippen LogP contribution in [-0.2, 0) is 10.3 Å². The van der Waals surface area contributed by atoms with E-state index in [1.165, 1.54) is 0 Å². The SMILES string of the molecule is C=C1C(=O)C(NCC(C)(C)CNC(=O)c2ccc(Nc3nc(NC4(c5ccc(Cl)cc5)CC4)nc(OCC(F)(F)F)n3)cc2)=C1CCC. The van der Waals surface area contributed by atoms with Crippen LogP contribution in [0.15, 0.2) is 72.0 Å². The van der Waals surface area contributed by atoms with Gasteiger partial charge in [-0.05, 0) is 72.2 Å². The number of amides is 1. The molecule has 4 N–H and O–H groups in total. The zero-order valence-corrected chi connectivity index (χ0v) is 27.6. The molecule has 5 rings (SSSR count). The molecule has 3 aromatic rings. The predicted octanol–water partition coefficient (Wildman–Crippen LogP) is 6.85. The Kier molecular flexibility index (Phi) is 9.99. The maximum absolute atomic E-state index is 12.9. The lowest BCUT2D eigenvalue weighted by Crippen LogP contribution is -2.43. The van der Waals surface area contributed by atoms with Crippen LogP contribution in [0, 0.1) is 5.41 Å². The van der Waals surface area contributed by atoms with Gasteiger partial charge in [-0.3, -0.25) is 9.59 Å². The Bertz CT molecular complexity index is 1720. The van der Waals surface area contributed by atoms with Gasteiger partial charge in [0.25, 0.3) is 5.91 Å². The Morgan fingerprint density at radius 2 is 1.67 bits per heavy atom. The Hall–Kier alpha value is -4.65. The number of benzene rings is 2. The van der Waals surface area contributed by atoms with Gasteiger partial charge >= 0.3 is 12.2 Å². The number of halogens is 4. The summed E-state index contributed by atoms with van der Waals surface area (Å²) in [6.45, 7) is 9.12. The van der Waals surface area contributed by atoms with Crippen molar-refractivity contribution in [1.82, 2.24) is 25.6 Å². The van der Waals surface area contributed by atoms with Crippen molar-refractivity contribution in [2.45, 2.75) is 58.2 Å². The molecule has 2 aliphatic rings. The van der Waals surface area contributed by atoms with Crippen molar-refractivity contribution in [2.24, 2.45) is 5.41 Å². The van der Waals surface area contributed by atoms with Crippen molar-refractivity contribution in [2.75, 3.05) is 30.3 Å². The Balaban J connectivity index is 1.22. The van der Waals surface area contributed by atoms with Crippen LogP contribution in [0.4, 0.5) is 30.8 Å². The number of aromatic nitrogens is 3. The average Bonchev–Trinajstić information content (AvgIpc) is 3.82. The highest BCUT2D eigenvalue weighted by atomic mass is 35.5. The van der Waals surface area contributed by atoms with E-state index in [1.54, 1.807) is 36.4 Å². The first-order chi connectivity index (χ1) is 22.7. The van der Waals surface area contributed by atoms with Gasteiger partial charge in [-0.2, -0.15) is 28.1 Å². The largest absolute Gasteiger partial charge is 0.454 e. The van der Waals surface area contributed by atoms with Gasteiger partial charge in [-0.15, -0.1) is 0 Å². The molecule has 1 heterocycles. The van der Waals surface area contributed by atoms with Crippen LogP contribution in [0.2, 0.25) is 5.02 Å². The minimum Gasteiger partial charge on any atom is -0.454 e. The average molecular weight is 684 g/mol. The molecular weight excluding hydrogens is 647 g/mol. The van der Waals surface area contributed by atoms with Crippen molar-refractivity contribution in [3.05, 3.63) is 88.1 Å². The third kappa shape index (κ3) is 8.62. The molecule has 1 saturated carbocycles. The van der Waals surface area contributed by atoms with Crippen LogP contribution < -0.4 is 26.0 Å². The van der Waals surface area contributed by atoms with Gasteiger partial charge in [-0.25, -0.2) is 0 Å². The van der Waals surface area contributed by atoms with Gasteiger partial charge in [0.2, 0.25) is 17.7 Å². The number of anilines is 3. The summed E-state index contributed by atoms with van der Waals surface area (Å²) in [5.74, 6) is -0.366. The summed E-state index contributed by atoms with van der Waals surface area (Å²) in [4.78, 5) is 37.6. The quantitative estimate of drug-likeness (QED) is 0.127. The Morgan fingerprint density at radius 1 is 1.00 bits per heavy atom. The topological polar surface area (TPSA) is 130 Å². The zero-order chi connectivity index (χ0) is 34.7. The van der Waals surface area contributed by atoms with Crippen molar-refractivity contribution >= 4 is 40.9 Å². The molecule has 1 fully saturated rings. The number of nitrogens with zero attached hydrogens (tertiary/aromatic N) is 3. The summed E-state index contributed by atoms with van der Waals surface area (Å²) in [6.07, 6.45) is -1.37. The van der Waals surface area contributed by atoms with E-state index < -0.39 is 24.3 Å². The van der Waals surface area contributed by atoms with Gasteiger partial charge < -0.3 is 26.0 Å². The van der Waals surface area contributed by atoms with Crippen LogP contribution in [0.3, 0.4) is 0 Å². The van der Waals surface area contributed by atoms with Crippen LogP contribution in [0.1, 0.15) is 62.4 Å². The molecule has 2 aromatic carbocycles. The van der Waals surface area contributed by atoms with E-state index in [1.807, 2.05) is 32.9 Å². The van der Waals surface area contributed by atoms with Gasteiger partial charge in [0.1, 0.15) is 0 Å². The molecule has 254 valence electrons. The molecule has 0 radical (unpaired) electrons. The lowest BCUT2D eigenvalue weighted by molar-refractivity contribution is -0.154. The standard InChI is InChI=1S/C34H37ClF3N7O3/c1-5-6-25-20(2)27(46)26(25)39-17-32(3,4)18-40-28(47)21-7-13-24(14-8-21)41-29-42-30(44-31(43-29)48-19-34(36,37)38)45-33(15-16-33)22-9-11-23(35)12-10-22/h7-14,39H,2,5-6,15-19H2,1,3-4H3,(H,40,47)(H2,41,42,43,44,45). The van der Waals surface area contributed by atoms with Crippen molar-refractivity contribution in [3.63, 3.8) is 0 Å². The van der Waals surface area contributed by atoms with E-state index in [0.717, 1.165) is 36.8 Å². The van der Waals surface area contributed by atoms with Crippen LogP contribution in [-0.4, -0.2) is 52.5 Å². The molecule has 0 bridgehead atoms. The monoisotopic (exact) mass is 683 g/mol. The van der Waals surface area contributed by atoms with E-state index >= 15 is 0 Å². The number of carbonyl (C=O) groups is 2. The van der Waals surface area contributed by atoms with Crippen molar-refractivity contribution in [1.29, 1.82) is 0 Å². The number of allylic oxidation sites excluding steroid dienone is 2. The van der Waals surface area contributed by atoms with Crippen molar-refractivity contribution in [3.8, 4) is 6.01 Å². The smallest absolute Gasteiger partial charge is 0.422 e. The summed E-state index contributed by atoms with van der Waals surface area (Å²) in [5, 5.41) is 12.9. The lowest BCUT2D eigenvalue weighted by Gasteiger charge is -2.31. The van der Waals surface area contributed by atoms with E-state index in [4.69, 9.17) is 16.3 Å². The number of carbonyl (C=O) groups excluding carboxylic acids is 2. The number of ether oxygens (including phenoxy) is 1.